The summed E-state index contributed by atoms with van der Waals surface area (Å²) in [4.78, 5) is 24.7. The fourth-order valence-corrected chi connectivity index (χ4v) is 2.80. The van der Waals surface area contributed by atoms with Crippen molar-refractivity contribution in [3.8, 4) is 0 Å². The summed E-state index contributed by atoms with van der Waals surface area (Å²) in [6.45, 7) is 2.79. The van der Waals surface area contributed by atoms with Gasteiger partial charge in [0.05, 0.1) is 6.61 Å². The van der Waals surface area contributed by atoms with Crippen LogP contribution in [-0.2, 0) is 4.74 Å². The van der Waals surface area contributed by atoms with Gasteiger partial charge in [-0.2, -0.15) is 0 Å². The Morgan fingerprint density at radius 1 is 1.26 bits per heavy atom. The van der Waals surface area contributed by atoms with Crippen LogP contribution in [0.25, 0.3) is 0 Å². The number of hydrogen-bond donors (Lipinski definition) is 1. The second-order valence-electron chi connectivity index (χ2n) is 5.25. The van der Waals surface area contributed by atoms with Crippen molar-refractivity contribution in [3.63, 3.8) is 0 Å². The number of ether oxygens (including phenoxy) is 1. The number of carboxylic acids is 1. The van der Waals surface area contributed by atoms with Gasteiger partial charge >= 0.3 is 5.97 Å². The number of carbonyl (C=O) groups is 2. The highest BCUT2D eigenvalue weighted by molar-refractivity contribution is 5.93. The van der Waals surface area contributed by atoms with Gasteiger partial charge in [0.2, 0.25) is 5.76 Å². The molecule has 0 aliphatic carbocycles. The first-order valence-electron chi connectivity index (χ1n) is 6.30. The first kappa shape index (κ1) is 12.2. The Hall–Kier alpha value is -1.82. The number of carboxylic acid groups (broad SMARTS) is 1. The zero-order valence-electron chi connectivity index (χ0n) is 10.4. The Balaban J connectivity index is 1.72. The van der Waals surface area contributed by atoms with Crippen molar-refractivity contribution in [1.82, 2.24) is 4.90 Å². The van der Waals surface area contributed by atoms with Crippen molar-refractivity contribution in [2.45, 2.75) is 12.8 Å². The molecular weight excluding hydrogens is 250 g/mol. The van der Waals surface area contributed by atoms with Crippen molar-refractivity contribution in [2.24, 2.45) is 5.41 Å². The van der Waals surface area contributed by atoms with E-state index >= 15 is 0 Å². The second kappa shape index (κ2) is 4.38. The number of amides is 1. The van der Waals surface area contributed by atoms with E-state index in [0.29, 0.717) is 19.7 Å². The van der Waals surface area contributed by atoms with E-state index in [2.05, 4.69) is 0 Å². The summed E-state index contributed by atoms with van der Waals surface area (Å²) in [5.41, 5.74) is 0.0951. The zero-order chi connectivity index (χ0) is 13.5. The van der Waals surface area contributed by atoms with Crippen molar-refractivity contribution in [1.29, 1.82) is 0 Å². The molecule has 1 atom stereocenters. The molecule has 2 fully saturated rings. The molecule has 1 aromatic heterocycles. The number of nitrogens with zero attached hydrogens (tertiary/aromatic N) is 1. The molecule has 0 radical (unpaired) electrons. The molecule has 0 aromatic carbocycles. The summed E-state index contributed by atoms with van der Waals surface area (Å²) < 4.78 is 10.5. The van der Waals surface area contributed by atoms with Crippen LogP contribution in [0.3, 0.4) is 0 Å². The van der Waals surface area contributed by atoms with E-state index in [0.717, 1.165) is 19.4 Å². The fourth-order valence-electron chi connectivity index (χ4n) is 2.80. The van der Waals surface area contributed by atoms with E-state index < -0.39 is 5.97 Å². The molecule has 1 aromatic rings. The Labute approximate surface area is 109 Å². The van der Waals surface area contributed by atoms with Crippen LogP contribution in [0.15, 0.2) is 16.5 Å². The average Bonchev–Trinajstić information content (AvgIpc) is 3.11. The van der Waals surface area contributed by atoms with Crippen LogP contribution in [0.1, 0.15) is 34.0 Å². The lowest BCUT2D eigenvalue weighted by molar-refractivity contribution is 0.0651. The summed E-state index contributed by atoms with van der Waals surface area (Å²) in [6, 6.07) is 2.72. The molecule has 102 valence electrons. The minimum absolute atomic E-state index is 0.0911. The number of rotatable bonds is 2. The molecular formula is C13H15NO5. The van der Waals surface area contributed by atoms with Gasteiger partial charge in [-0.25, -0.2) is 4.79 Å². The van der Waals surface area contributed by atoms with Crippen molar-refractivity contribution < 1.29 is 23.8 Å². The minimum atomic E-state index is -1.17. The molecule has 1 spiro atoms. The Morgan fingerprint density at radius 2 is 2.05 bits per heavy atom. The topological polar surface area (TPSA) is 80.0 Å². The molecule has 2 aliphatic heterocycles. The van der Waals surface area contributed by atoms with Crippen LogP contribution in [0, 0.1) is 5.41 Å². The van der Waals surface area contributed by atoms with Crippen LogP contribution in [0.5, 0.6) is 0 Å². The Kier molecular flexibility index (Phi) is 2.82. The summed E-state index contributed by atoms with van der Waals surface area (Å²) in [7, 11) is 0. The quantitative estimate of drug-likeness (QED) is 0.870. The predicted molar refractivity (Wildman–Crippen MR) is 64.1 cm³/mol. The highest BCUT2D eigenvalue weighted by Gasteiger charge is 2.43. The lowest BCUT2D eigenvalue weighted by atomic mass is 9.87. The van der Waals surface area contributed by atoms with Gasteiger partial charge in [-0.1, -0.05) is 0 Å². The third-order valence-electron chi connectivity index (χ3n) is 3.94. The summed E-state index contributed by atoms with van der Waals surface area (Å²) >= 11 is 0. The van der Waals surface area contributed by atoms with E-state index in [1.165, 1.54) is 12.1 Å². The average molecular weight is 265 g/mol. The maximum absolute atomic E-state index is 12.2. The van der Waals surface area contributed by atoms with Crippen molar-refractivity contribution in [2.75, 3.05) is 26.3 Å². The number of hydrogen-bond acceptors (Lipinski definition) is 4. The zero-order valence-corrected chi connectivity index (χ0v) is 10.4. The molecule has 0 unspecified atom stereocenters. The maximum Gasteiger partial charge on any atom is 0.371 e. The highest BCUT2D eigenvalue weighted by atomic mass is 16.5. The molecule has 6 heteroatoms. The van der Waals surface area contributed by atoms with Gasteiger partial charge in [-0.05, 0) is 25.0 Å². The van der Waals surface area contributed by atoms with Crippen LogP contribution in [-0.4, -0.2) is 48.2 Å². The van der Waals surface area contributed by atoms with E-state index in [-0.39, 0.29) is 22.8 Å². The number of furan rings is 1. The molecule has 1 amide bonds. The van der Waals surface area contributed by atoms with E-state index in [9.17, 15) is 9.59 Å². The van der Waals surface area contributed by atoms with Gasteiger partial charge in [0, 0.05) is 25.1 Å². The maximum atomic E-state index is 12.2. The van der Waals surface area contributed by atoms with Crippen molar-refractivity contribution in [3.05, 3.63) is 23.7 Å². The highest BCUT2D eigenvalue weighted by Crippen LogP contribution is 2.38. The SMILES string of the molecule is O=C(O)c1ccc(C(=O)N2CC[C@@]3(CCOC3)C2)o1. The molecule has 1 N–H and O–H groups in total. The summed E-state index contributed by atoms with van der Waals surface area (Å²) in [5.74, 6) is -1.52. The van der Waals surface area contributed by atoms with Crippen LogP contribution in [0.2, 0.25) is 0 Å². The molecule has 3 heterocycles. The van der Waals surface area contributed by atoms with Gasteiger partial charge in [-0.15, -0.1) is 0 Å². The Morgan fingerprint density at radius 3 is 2.68 bits per heavy atom. The van der Waals surface area contributed by atoms with Gasteiger partial charge in [-0.3, -0.25) is 4.79 Å². The third-order valence-corrected chi connectivity index (χ3v) is 3.94. The Bertz CT molecular complexity index is 515. The largest absolute Gasteiger partial charge is 0.475 e. The normalized spacial score (nSPS) is 26.2. The van der Waals surface area contributed by atoms with Crippen LogP contribution >= 0.6 is 0 Å². The van der Waals surface area contributed by atoms with Crippen LogP contribution < -0.4 is 0 Å². The molecule has 0 saturated carbocycles. The smallest absolute Gasteiger partial charge is 0.371 e. The lowest BCUT2D eigenvalue weighted by Crippen LogP contribution is -2.32. The molecule has 3 rings (SSSR count). The van der Waals surface area contributed by atoms with Gasteiger partial charge in [0.1, 0.15) is 0 Å². The molecule has 2 aliphatic rings. The minimum Gasteiger partial charge on any atom is -0.475 e. The summed E-state index contributed by atoms with van der Waals surface area (Å²) in [5, 5.41) is 8.78. The standard InChI is InChI=1S/C13H15NO5/c15-11(9-1-2-10(19-9)12(16)17)14-5-3-13(7-14)4-6-18-8-13/h1-2H,3-8H2,(H,16,17)/t13-/m1/s1. The number of carbonyl (C=O) groups excluding carboxylic acids is 1. The second-order valence-corrected chi connectivity index (χ2v) is 5.25. The number of aromatic carboxylic acids is 1. The fraction of sp³-hybridized carbons (Fsp3) is 0.538. The van der Waals surface area contributed by atoms with E-state index in [4.69, 9.17) is 14.3 Å². The van der Waals surface area contributed by atoms with E-state index in [1.54, 1.807) is 4.90 Å². The lowest BCUT2D eigenvalue weighted by Gasteiger charge is -2.21. The summed E-state index contributed by atoms with van der Waals surface area (Å²) in [6.07, 6.45) is 1.92. The van der Waals surface area contributed by atoms with Crippen molar-refractivity contribution >= 4 is 11.9 Å². The molecule has 0 bridgehead atoms. The number of likely N-dealkylation sites (tertiary alicyclic amines) is 1. The van der Waals surface area contributed by atoms with Gasteiger partial charge in [0.25, 0.3) is 5.91 Å². The third kappa shape index (κ3) is 2.12. The van der Waals surface area contributed by atoms with E-state index in [1.807, 2.05) is 0 Å². The molecule has 2 saturated heterocycles. The monoisotopic (exact) mass is 265 g/mol. The molecule has 19 heavy (non-hydrogen) atoms. The van der Waals surface area contributed by atoms with Gasteiger partial charge in [0.15, 0.2) is 5.76 Å². The van der Waals surface area contributed by atoms with Gasteiger partial charge < -0.3 is 19.2 Å². The first-order chi connectivity index (χ1) is 9.10. The molecule has 6 nitrogen and oxygen atoms in total. The predicted octanol–water partition coefficient (Wildman–Crippen LogP) is 1.23. The first-order valence-corrected chi connectivity index (χ1v) is 6.30. The van der Waals surface area contributed by atoms with Crippen LogP contribution in [0.4, 0.5) is 0 Å².